The molecule has 0 aliphatic rings. The van der Waals surface area contributed by atoms with Gasteiger partial charge in [-0.25, -0.2) is 0 Å². The fraction of sp³-hybridized carbons (Fsp3) is 0.538. The minimum atomic E-state index is -0.566. The van der Waals surface area contributed by atoms with Crippen LogP contribution >= 0.6 is 24.4 Å². The number of aromatic nitrogens is 2. The van der Waals surface area contributed by atoms with Crippen molar-refractivity contribution >= 4 is 35.0 Å². The second kappa shape index (κ2) is 7.46. The summed E-state index contributed by atoms with van der Waals surface area (Å²) in [7, 11) is 2.99. The standard InChI is InChI=1S/C13H18N2O4S2/c1-13(2,3)10(11(21)18-7-20)19-12-14-8(16-4)6-9(15-12)17-5/h6-7,10H,1-5H3. The third-order valence-electron chi connectivity index (χ3n) is 2.47. The summed E-state index contributed by atoms with van der Waals surface area (Å²) in [5, 5.41) is 0.211. The van der Waals surface area contributed by atoms with Crippen LogP contribution < -0.4 is 14.2 Å². The first-order chi connectivity index (χ1) is 9.81. The molecule has 0 saturated carbocycles. The van der Waals surface area contributed by atoms with E-state index in [0.29, 0.717) is 11.8 Å². The summed E-state index contributed by atoms with van der Waals surface area (Å²) in [6.45, 7) is 5.86. The Bertz CT molecular complexity index is 495. The molecule has 0 spiro atoms. The lowest BCUT2D eigenvalue weighted by molar-refractivity contribution is 0.120. The van der Waals surface area contributed by atoms with Gasteiger partial charge >= 0.3 is 6.01 Å². The fourth-order valence-electron chi connectivity index (χ4n) is 1.44. The van der Waals surface area contributed by atoms with Crippen molar-refractivity contribution in [2.45, 2.75) is 26.9 Å². The lowest BCUT2D eigenvalue weighted by atomic mass is 9.89. The maximum Gasteiger partial charge on any atom is 0.323 e. The Morgan fingerprint density at radius 3 is 2.10 bits per heavy atom. The molecule has 0 aliphatic heterocycles. The molecule has 8 heteroatoms. The molecular formula is C13H18N2O4S2. The highest BCUT2D eigenvalue weighted by molar-refractivity contribution is 7.80. The maximum atomic E-state index is 5.76. The molecule has 21 heavy (non-hydrogen) atoms. The second-order valence-electron chi connectivity index (χ2n) is 5.13. The third-order valence-corrected chi connectivity index (χ3v) is 2.87. The molecule has 1 aromatic heterocycles. The predicted octanol–water partition coefficient (Wildman–Crippen LogP) is 2.59. The minimum Gasteiger partial charge on any atom is -0.481 e. The normalized spacial score (nSPS) is 12.2. The van der Waals surface area contributed by atoms with Crippen LogP contribution in [0.25, 0.3) is 0 Å². The number of methoxy groups -OCH3 is 2. The number of hydrogen-bond acceptors (Lipinski definition) is 8. The van der Waals surface area contributed by atoms with E-state index in [0.717, 1.165) is 5.55 Å². The Morgan fingerprint density at radius 2 is 1.71 bits per heavy atom. The van der Waals surface area contributed by atoms with Crippen molar-refractivity contribution < 1.29 is 18.9 Å². The molecule has 0 aliphatic carbocycles. The van der Waals surface area contributed by atoms with Crippen molar-refractivity contribution in [3.8, 4) is 17.8 Å². The zero-order valence-electron chi connectivity index (χ0n) is 12.6. The highest BCUT2D eigenvalue weighted by atomic mass is 32.1. The zero-order valence-corrected chi connectivity index (χ0v) is 14.2. The largest absolute Gasteiger partial charge is 0.481 e. The van der Waals surface area contributed by atoms with Gasteiger partial charge in [0.1, 0.15) is 0 Å². The van der Waals surface area contributed by atoms with E-state index in [9.17, 15) is 0 Å². The molecule has 1 atom stereocenters. The first-order valence-corrected chi connectivity index (χ1v) is 6.97. The van der Waals surface area contributed by atoms with Crippen LogP contribution in [0.1, 0.15) is 20.8 Å². The van der Waals surface area contributed by atoms with Crippen LogP contribution in [-0.2, 0) is 4.74 Å². The van der Waals surface area contributed by atoms with E-state index in [1.54, 1.807) is 6.07 Å². The van der Waals surface area contributed by atoms with Crippen molar-refractivity contribution in [3.63, 3.8) is 0 Å². The highest BCUT2D eigenvalue weighted by Crippen LogP contribution is 2.27. The number of thiocarbonyl (C=S) groups is 2. The summed E-state index contributed by atoms with van der Waals surface area (Å²) in [5.41, 5.74) is 0.756. The molecule has 116 valence electrons. The van der Waals surface area contributed by atoms with Crippen LogP contribution in [0.15, 0.2) is 6.07 Å². The molecule has 0 radical (unpaired) electrons. The average molecular weight is 330 g/mol. The van der Waals surface area contributed by atoms with Crippen molar-refractivity contribution in [1.29, 1.82) is 0 Å². The van der Waals surface area contributed by atoms with E-state index >= 15 is 0 Å². The topological polar surface area (TPSA) is 62.7 Å². The minimum absolute atomic E-state index is 0.0847. The van der Waals surface area contributed by atoms with E-state index < -0.39 is 6.10 Å². The third kappa shape index (κ3) is 5.05. The highest BCUT2D eigenvalue weighted by Gasteiger charge is 2.33. The molecule has 0 aromatic carbocycles. The van der Waals surface area contributed by atoms with Gasteiger partial charge in [0.05, 0.1) is 20.3 Å². The monoisotopic (exact) mass is 330 g/mol. The van der Waals surface area contributed by atoms with E-state index in [1.165, 1.54) is 14.2 Å². The molecular weight excluding hydrogens is 312 g/mol. The smallest absolute Gasteiger partial charge is 0.323 e. The number of hydrogen-bond donors (Lipinski definition) is 0. The molecule has 0 amide bonds. The van der Waals surface area contributed by atoms with Crippen LogP contribution in [0.3, 0.4) is 0 Å². The Labute approximate surface area is 134 Å². The van der Waals surface area contributed by atoms with Crippen LogP contribution in [0.2, 0.25) is 0 Å². The number of rotatable bonds is 6. The van der Waals surface area contributed by atoms with Gasteiger partial charge in [0.15, 0.2) is 11.7 Å². The molecule has 0 saturated heterocycles. The summed E-state index contributed by atoms with van der Waals surface area (Å²) >= 11 is 9.83. The number of ether oxygens (including phenoxy) is 4. The lowest BCUT2D eigenvalue weighted by Gasteiger charge is -2.29. The van der Waals surface area contributed by atoms with E-state index in [1.807, 2.05) is 20.8 Å². The van der Waals surface area contributed by atoms with E-state index in [2.05, 4.69) is 22.2 Å². The van der Waals surface area contributed by atoms with Crippen molar-refractivity contribution in [2.24, 2.45) is 5.41 Å². The average Bonchev–Trinajstić information content (AvgIpc) is 2.43. The fourth-order valence-corrected chi connectivity index (χ4v) is 2.05. The molecule has 0 bridgehead atoms. The van der Waals surface area contributed by atoms with Crippen molar-refractivity contribution in [3.05, 3.63) is 6.07 Å². The van der Waals surface area contributed by atoms with Crippen molar-refractivity contribution in [2.75, 3.05) is 14.2 Å². The first kappa shape index (κ1) is 17.5. The summed E-state index contributed by atoms with van der Waals surface area (Å²) in [5.74, 6) is 0.650. The Kier molecular flexibility index (Phi) is 6.22. The summed E-state index contributed by atoms with van der Waals surface area (Å²) in [6.07, 6.45) is -0.566. The SMILES string of the molecule is COc1cc(OC)nc(OC(C(=S)OC=S)C(C)(C)C)n1. The van der Waals surface area contributed by atoms with Gasteiger partial charge in [-0.1, -0.05) is 20.8 Å². The quantitative estimate of drug-likeness (QED) is 0.738. The summed E-state index contributed by atoms with van der Waals surface area (Å²) in [4.78, 5) is 8.22. The lowest BCUT2D eigenvalue weighted by Crippen LogP contribution is -2.40. The van der Waals surface area contributed by atoms with Gasteiger partial charge in [-0.15, -0.1) is 0 Å². The van der Waals surface area contributed by atoms with Crippen LogP contribution in [0.5, 0.6) is 17.8 Å². The van der Waals surface area contributed by atoms with Gasteiger partial charge in [0.25, 0.3) is 0 Å². The summed E-state index contributed by atoms with van der Waals surface area (Å²) in [6, 6.07) is 1.63. The van der Waals surface area contributed by atoms with Gasteiger partial charge in [-0.2, -0.15) is 9.97 Å². The Balaban J connectivity index is 3.08. The first-order valence-electron chi connectivity index (χ1n) is 6.09. The van der Waals surface area contributed by atoms with Gasteiger partial charge in [-0.05, 0) is 24.4 Å². The molecule has 0 N–H and O–H groups in total. The second-order valence-corrected chi connectivity index (χ2v) is 5.73. The van der Waals surface area contributed by atoms with Crippen LogP contribution in [-0.4, -0.2) is 40.9 Å². The van der Waals surface area contributed by atoms with Crippen LogP contribution in [0, 0.1) is 5.41 Å². The summed E-state index contributed by atoms with van der Waals surface area (Å²) < 4.78 is 21.0. The molecule has 0 fully saturated rings. The Hall–Kier alpha value is -1.54. The van der Waals surface area contributed by atoms with Crippen molar-refractivity contribution in [1.82, 2.24) is 9.97 Å². The molecule has 1 heterocycles. The van der Waals surface area contributed by atoms with Gasteiger partial charge in [0, 0.05) is 5.41 Å². The Morgan fingerprint density at radius 1 is 1.19 bits per heavy atom. The van der Waals surface area contributed by atoms with E-state index in [4.69, 9.17) is 31.2 Å². The van der Waals surface area contributed by atoms with Gasteiger partial charge < -0.3 is 18.9 Å². The predicted molar refractivity (Wildman–Crippen MR) is 86.3 cm³/mol. The number of nitrogens with zero attached hydrogens (tertiary/aromatic N) is 2. The van der Waals surface area contributed by atoms with E-state index in [-0.39, 0.29) is 16.5 Å². The van der Waals surface area contributed by atoms with Gasteiger partial charge in [-0.3, -0.25) is 0 Å². The van der Waals surface area contributed by atoms with Crippen LogP contribution in [0.4, 0.5) is 0 Å². The molecule has 1 aromatic rings. The maximum absolute atomic E-state index is 5.76. The molecule has 6 nitrogen and oxygen atoms in total. The molecule has 1 rings (SSSR count). The molecule has 1 unspecified atom stereocenters. The zero-order chi connectivity index (χ0) is 16.0. The van der Waals surface area contributed by atoms with Gasteiger partial charge in [0.2, 0.25) is 16.8 Å².